The molecule has 1 N–H and O–H groups in total. The Balaban J connectivity index is 1.81. The van der Waals surface area contributed by atoms with Gasteiger partial charge in [-0.2, -0.15) is 0 Å². The molecule has 4 nitrogen and oxygen atoms in total. The normalized spacial score (nSPS) is 25.8. The monoisotopic (exact) mass is 395 g/mol. The highest BCUT2D eigenvalue weighted by molar-refractivity contribution is 6.37. The molecule has 1 aromatic heterocycles. The largest absolute Gasteiger partial charge is 0.390 e. The van der Waals surface area contributed by atoms with Crippen molar-refractivity contribution in [1.29, 1.82) is 0 Å². The molecule has 0 aliphatic heterocycles. The SMILES string of the molecule is COCCn1cc(C(=O)CCC2(O)CCCC(C)(F)C2)c2c(Cl)cccc21. The zero-order valence-electron chi connectivity index (χ0n) is 15.9. The first-order valence-electron chi connectivity index (χ1n) is 9.45. The number of benzene rings is 1. The van der Waals surface area contributed by atoms with Crippen molar-refractivity contribution in [1.82, 2.24) is 4.57 Å². The van der Waals surface area contributed by atoms with E-state index in [9.17, 15) is 14.3 Å². The van der Waals surface area contributed by atoms with E-state index in [-0.39, 0.29) is 25.0 Å². The smallest absolute Gasteiger partial charge is 0.165 e. The van der Waals surface area contributed by atoms with E-state index < -0.39 is 11.3 Å². The fourth-order valence-corrected chi connectivity index (χ4v) is 4.51. The minimum Gasteiger partial charge on any atom is -0.390 e. The summed E-state index contributed by atoms with van der Waals surface area (Å²) in [4.78, 5) is 12.9. The molecule has 6 heteroatoms. The maximum atomic E-state index is 14.3. The summed E-state index contributed by atoms with van der Waals surface area (Å²) in [6, 6.07) is 5.55. The van der Waals surface area contributed by atoms with Crippen LogP contribution in [-0.4, -0.2) is 40.4 Å². The third-order valence-corrected chi connectivity index (χ3v) is 5.86. The van der Waals surface area contributed by atoms with Crippen molar-refractivity contribution in [2.45, 2.75) is 63.3 Å². The van der Waals surface area contributed by atoms with Crippen molar-refractivity contribution in [3.05, 3.63) is 35.0 Å². The number of carbonyl (C=O) groups excluding carboxylic acids is 1. The van der Waals surface area contributed by atoms with Gasteiger partial charge in [-0.25, -0.2) is 4.39 Å². The van der Waals surface area contributed by atoms with Gasteiger partial charge in [0.15, 0.2) is 5.78 Å². The Labute approximate surface area is 164 Å². The molecule has 0 saturated heterocycles. The highest BCUT2D eigenvalue weighted by Gasteiger charge is 2.41. The molecular formula is C21H27ClFNO3. The third kappa shape index (κ3) is 4.53. The van der Waals surface area contributed by atoms with Gasteiger partial charge in [-0.15, -0.1) is 0 Å². The number of rotatable bonds is 7. The first-order valence-corrected chi connectivity index (χ1v) is 9.83. The van der Waals surface area contributed by atoms with Crippen molar-refractivity contribution in [3.63, 3.8) is 0 Å². The number of aromatic nitrogens is 1. The molecule has 27 heavy (non-hydrogen) atoms. The maximum absolute atomic E-state index is 14.3. The number of hydrogen-bond acceptors (Lipinski definition) is 3. The highest BCUT2D eigenvalue weighted by atomic mass is 35.5. The Bertz CT molecular complexity index is 832. The van der Waals surface area contributed by atoms with Crippen molar-refractivity contribution >= 4 is 28.3 Å². The summed E-state index contributed by atoms with van der Waals surface area (Å²) in [5, 5.41) is 12.0. The Hall–Kier alpha value is -1.43. The van der Waals surface area contributed by atoms with E-state index in [1.165, 1.54) is 6.92 Å². The lowest BCUT2D eigenvalue weighted by Gasteiger charge is -2.39. The number of ketones is 1. The van der Waals surface area contributed by atoms with Crippen LogP contribution in [0.1, 0.15) is 55.8 Å². The molecule has 1 heterocycles. The minimum absolute atomic E-state index is 0.0798. The number of ether oxygens (including phenoxy) is 1. The number of aliphatic hydroxyl groups is 1. The second kappa shape index (κ2) is 7.90. The molecular weight excluding hydrogens is 369 g/mol. The molecule has 148 valence electrons. The summed E-state index contributed by atoms with van der Waals surface area (Å²) in [6.45, 7) is 2.67. The fourth-order valence-electron chi connectivity index (χ4n) is 4.24. The average Bonchev–Trinajstić information content (AvgIpc) is 2.97. The molecule has 2 atom stereocenters. The van der Waals surface area contributed by atoms with E-state index >= 15 is 0 Å². The summed E-state index contributed by atoms with van der Waals surface area (Å²) >= 11 is 6.37. The predicted octanol–water partition coefficient (Wildman–Crippen LogP) is 4.94. The second-order valence-corrected chi connectivity index (χ2v) is 8.36. The van der Waals surface area contributed by atoms with Crippen LogP contribution >= 0.6 is 11.6 Å². The van der Waals surface area contributed by atoms with Gasteiger partial charge in [-0.05, 0) is 44.7 Å². The van der Waals surface area contributed by atoms with E-state index in [1.807, 2.05) is 22.9 Å². The van der Waals surface area contributed by atoms with Gasteiger partial charge in [0.25, 0.3) is 0 Å². The molecule has 2 unspecified atom stereocenters. The Morgan fingerprint density at radius 2 is 2.19 bits per heavy atom. The van der Waals surface area contributed by atoms with Crippen LogP contribution in [0.3, 0.4) is 0 Å². The van der Waals surface area contributed by atoms with Gasteiger partial charge in [0.1, 0.15) is 5.67 Å². The standard InChI is InChI=1S/C21H27ClFNO3/c1-20(23)8-4-9-21(26,14-20)10-7-18(25)15-13-24(11-12-27-2)17-6-3-5-16(22)19(15)17/h3,5-6,13,26H,4,7-12,14H2,1-2H3. The number of hydrogen-bond donors (Lipinski definition) is 1. The summed E-state index contributed by atoms with van der Waals surface area (Å²) in [6.07, 6.45) is 3.97. The molecule has 2 aromatic rings. The lowest BCUT2D eigenvalue weighted by molar-refractivity contribution is -0.0611. The van der Waals surface area contributed by atoms with E-state index in [4.69, 9.17) is 16.3 Å². The zero-order valence-corrected chi connectivity index (χ0v) is 16.7. The number of fused-ring (bicyclic) bond motifs is 1. The molecule has 1 aliphatic rings. The van der Waals surface area contributed by atoms with Gasteiger partial charge in [-0.1, -0.05) is 17.7 Å². The zero-order chi connectivity index (χ0) is 19.7. The van der Waals surface area contributed by atoms with Gasteiger partial charge in [0, 0.05) is 43.6 Å². The Kier molecular flexibility index (Phi) is 5.94. The second-order valence-electron chi connectivity index (χ2n) is 7.95. The Morgan fingerprint density at radius 1 is 1.41 bits per heavy atom. The van der Waals surface area contributed by atoms with Crippen LogP contribution in [0.25, 0.3) is 10.9 Å². The molecule has 1 fully saturated rings. The van der Waals surface area contributed by atoms with Crippen LogP contribution < -0.4 is 0 Å². The third-order valence-electron chi connectivity index (χ3n) is 5.55. The summed E-state index contributed by atoms with van der Waals surface area (Å²) in [5.41, 5.74) is -1.05. The van der Waals surface area contributed by atoms with Gasteiger partial charge in [0.2, 0.25) is 0 Å². The number of alkyl halides is 1. The summed E-state index contributed by atoms with van der Waals surface area (Å²) in [7, 11) is 1.63. The molecule has 3 rings (SSSR count). The van der Waals surface area contributed by atoms with Gasteiger partial charge < -0.3 is 14.4 Å². The minimum atomic E-state index is -1.37. The Morgan fingerprint density at radius 3 is 2.89 bits per heavy atom. The quantitative estimate of drug-likeness (QED) is 0.676. The van der Waals surface area contributed by atoms with Crippen molar-refractivity contribution < 1.29 is 19.0 Å². The van der Waals surface area contributed by atoms with E-state index in [2.05, 4.69) is 0 Å². The van der Waals surface area contributed by atoms with Crippen molar-refractivity contribution in [2.75, 3.05) is 13.7 Å². The lowest BCUT2D eigenvalue weighted by Crippen LogP contribution is -2.41. The van der Waals surface area contributed by atoms with Crippen LogP contribution in [0.5, 0.6) is 0 Å². The van der Waals surface area contributed by atoms with Crippen LogP contribution in [0.2, 0.25) is 5.02 Å². The molecule has 1 aromatic carbocycles. The predicted molar refractivity (Wildman–Crippen MR) is 105 cm³/mol. The van der Waals surface area contributed by atoms with E-state index in [1.54, 1.807) is 13.2 Å². The van der Waals surface area contributed by atoms with Crippen molar-refractivity contribution in [3.8, 4) is 0 Å². The van der Waals surface area contributed by atoms with Crippen LogP contribution in [0.4, 0.5) is 4.39 Å². The maximum Gasteiger partial charge on any atom is 0.165 e. The number of nitrogens with zero attached hydrogens (tertiary/aromatic N) is 1. The van der Waals surface area contributed by atoms with Gasteiger partial charge in [-0.3, -0.25) is 4.79 Å². The highest BCUT2D eigenvalue weighted by Crippen LogP contribution is 2.40. The first-order chi connectivity index (χ1) is 12.7. The molecule has 0 amide bonds. The summed E-state index contributed by atoms with van der Waals surface area (Å²) in [5.74, 6) is -0.0798. The van der Waals surface area contributed by atoms with Crippen LogP contribution in [0.15, 0.2) is 24.4 Å². The van der Waals surface area contributed by atoms with Gasteiger partial charge in [0.05, 0.1) is 22.7 Å². The molecule has 1 aliphatic carbocycles. The first kappa shape index (κ1) is 20.3. The summed E-state index contributed by atoms with van der Waals surface area (Å²) < 4.78 is 21.4. The number of halogens is 2. The fraction of sp³-hybridized carbons (Fsp3) is 0.571. The van der Waals surface area contributed by atoms with Crippen molar-refractivity contribution in [2.24, 2.45) is 0 Å². The van der Waals surface area contributed by atoms with Gasteiger partial charge >= 0.3 is 0 Å². The number of methoxy groups -OCH3 is 1. The van der Waals surface area contributed by atoms with E-state index in [0.29, 0.717) is 43.0 Å². The molecule has 1 saturated carbocycles. The lowest BCUT2D eigenvalue weighted by atomic mass is 9.74. The van der Waals surface area contributed by atoms with Crippen LogP contribution in [0, 0.1) is 0 Å². The molecule has 0 spiro atoms. The number of Topliss-reactive ketones (excluding diaryl/α,β-unsaturated/α-hetero) is 1. The van der Waals surface area contributed by atoms with E-state index in [0.717, 1.165) is 10.9 Å². The topological polar surface area (TPSA) is 51.5 Å². The average molecular weight is 396 g/mol. The number of carbonyl (C=O) groups is 1. The van der Waals surface area contributed by atoms with Crippen LogP contribution in [-0.2, 0) is 11.3 Å². The molecule has 0 radical (unpaired) electrons. The molecule has 0 bridgehead atoms.